The van der Waals surface area contributed by atoms with Crippen LogP contribution in [0.2, 0.25) is 0 Å². The minimum Gasteiger partial charge on any atom is -0.481 e. The van der Waals surface area contributed by atoms with Gasteiger partial charge in [-0.15, -0.1) is 0 Å². The minimum absolute atomic E-state index is 0.247. The van der Waals surface area contributed by atoms with Crippen molar-refractivity contribution >= 4 is 5.97 Å². The lowest BCUT2D eigenvalue weighted by Gasteiger charge is -2.38. The summed E-state index contributed by atoms with van der Waals surface area (Å²) in [5.74, 6) is 0.00193. The molecule has 1 aliphatic carbocycles. The van der Waals surface area contributed by atoms with E-state index in [9.17, 15) is 4.79 Å². The second-order valence-electron chi connectivity index (χ2n) is 5.25. The SMILES string of the molecule is O=C(O)CCN1CCOC(C2CCCCC2)C1. The third-order valence-corrected chi connectivity index (χ3v) is 4.00. The molecular weight excluding hydrogens is 218 g/mol. The molecule has 98 valence electrons. The van der Waals surface area contributed by atoms with Gasteiger partial charge in [-0.2, -0.15) is 0 Å². The number of morpholine rings is 1. The molecule has 1 saturated carbocycles. The monoisotopic (exact) mass is 241 g/mol. The molecule has 1 saturated heterocycles. The van der Waals surface area contributed by atoms with Gasteiger partial charge in [0.05, 0.1) is 19.1 Å². The number of aliphatic carboxylic acids is 1. The van der Waals surface area contributed by atoms with Crippen LogP contribution >= 0.6 is 0 Å². The van der Waals surface area contributed by atoms with Crippen LogP contribution in [0.5, 0.6) is 0 Å². The standard InChI is InChI=1S/C13H23NO3/c15-13(16)6-7-14-8-9-17-12(10-14)11-4-2-1-3-5-11/h11-12H,1-10H2,(H,15,16). The van der Waals surface area contributed by atoms with E-state index < -0.39 is 5.97 Å². The number of hydrogen-bond acceptors (Lipinski definition) is 3. The summed E-state index contributed by atoms with van der Waals surface area (Å²) < 4.78 is 5.87. The number of carboxylic acid groups (broad SMARTS) is 1. The van der Waals surface area contributed by atoms with Gasteiger partial charge in [0.25, 0.3) is 0 Å². The van der Waals surface area contributed by atoms with E-state index in [1.165, 1.54) is 32.1 Å². The molecule has 2 aliphatic rings. The maximum Gasteiger partial charge on any atom is 0.304 e. The van der Waals surface area contributed by atoms with Gasteiger partial charge in [0.15, 0.2) is 0 Å². The molecule has 1 atom stereocenters. The van der Waals surface area contributed by atoms with Gasteiger partial charge in [-0.25, -0.2) is 0 Å². The van der Waals surface area contributed by atoms with E-state index in [4.69, 9.17) is 9.84 Å². The van der Waals surface area contributed by atoms with Gasteiger partial charge in [-0.1, -0.05) is 19.3 Å². The lowest BCUT2D eigenvalue weighted by Crippen LogP contribution is -2.46. The van der Waals surface area contributed by atoms with E-state index in [0.717, 1.165) is 19.7 Å². The smallest absolute Gasteiger partial charge is 0.304 e. The fraction of sp³-hybridized carbons (Fsp3) is 0.923. The summed E-state index contributed by atoms with van der Waals surface area (Å²) in [4.78, 5) is 12.8. The average Bonchev–Trinajstić information content (AvgIpc) is 2.38. The molecule has 0 bridgehead atoms. The van der Waals surface area contributed by atoms with Crippen LogP contribution in [-0.2, 0) is 9.53 Å². The zero-order valence-electron chi connectivity index (χ0n) is 10.4. The quantitative estimate of drug-likeness (QED) is 0.814. The zero-order chi connectivity index (χ0) is 12.1. The molecule has 1 N–H and O–H groups in total. The van der Waals surface area contributed by atoms with E-state index >= 15 is 0 Å². The molecule has 4 nitrogen and oxygen atoms in total. The second-order valence-corrected chi connectivity index (χ2v) is 5.25. The first kappa shape index (κ1) is 12.8. The van der Waals surface area contributed by atoms with Crippen molar-refractivity contribution in [3.63, 3.8) is 0 Å². The third-order valence-electron chi connectivity index (χ3n) is 4.00. The molecule has 0 aromatic rings. The fourth-order valence-corrected chi connectivity index (χ4v) is 2.98. The van der Waals surface area contributed by atoms with Crippen LogP contribution < -0.4 is 0 Å². The second kappa shape index (κ2) is 6.36. The Kier molecular flexibility index (Phi) is 4.80. The van der Waals surface area contributed by atoms with Crippen LogP contribution in [-0.4, -0.2) is 48.3 Å². The Bertz CT molecular complexity index is 251. The average molecular weight is 241 g/mol. The first-order valence-electron chi connectivity index (χ1n) is 6.81. The van der Waals surface area contributed by atoms with Crippen LogP contribution in [0.25, 0.3) is 0 Å². The maximum absolute atomic E-state index is 10.6. The molecular formula is C13H23NO3. The van der Waals surface area contributed by atoms with Crippen LogP contribution in [0, 0.1) is 5.92 Å². The van der Waals surface area contributed by atoms with Crippen molar-refractivity contribution in [2.24, 2.45) is 5.92 Å². The van der Waals surface area contributed by atoms with Crippen LogP contribution in [0.15, 0.2) is 0 Å². The van der Waals surface area contributed by atoms with Crippen molar-refractivity contribution in [1.82, 2.24) is 4.90 Å². The molecule has 2 fully saturated rings. The largest absolute Gasteiger partial charge is 0.481 e. The molecule has 17 heavy (non-hydrogen) atoms. The van der Waals surface area contributed by atoms with Gasteiger partial charge < -0.3 is 9.84 Å². The summed E-state index contributed by atoms with van der Waals surface area (Å²) in [6, 6.07) is 0. The predicted molar refractivity (Wildman–Crippen MR) is 65.0 cm³/mol. The minimum atomic E-state index is -0.703. The predicted octanol–water partition coefficient (Wildman–Crippen LogP) is 1.74. The Balaban J connectivity index is 1.77. The van der Waals surface area contributed by atoms with Gasteiger partial charge in [0, 0.05) is 19.6 Å². The van der Waals surface area contributed by atoms with Crippen molar-refractivity contribution in [3.05, 3.63) is 0 Å². The van der Waals surface area contributed by atoms with Gasteiger partial charge in [-0.05, 0) is 18.8 Å². The highest BCUT2D eigenvalue weighted by Gasteiger charge is 2.29. The molecule has 0 amide bonds. The van der Waals surface area contributed by atoms with Crippen molar-refractivity contribution in [2.45, 2.75) is 44.6 Å². The lowest BCUT2D eigenvalue weighted by molar-refractivity contribution is -0.138. The topological polar surface area (TPSA) is 49.8 Å². The van der Waals surface area contributed by atoms with Gasteiger partial charge >= 0.3 is 5.97 Å². The van der Waals surface area contributed by atoms with Crippen molar-refractivity contribution in [3.8, 4) is 0 Å². The highest BCUT2D eigenvalue weighted by atomic mass is 16.5. The third kappa shape index (κ3) is 3.96. The number of rotatable bonds is 4. The van der Waals surface area contributed by atoms with Crippen LogP contribution in [0.4, 0.5) is 0 Å². The highest BCUT2D eigenvalue weighted by Crippen LogP contribution is 2.29. The van der Waals surface area contributed by atoms with E-state index in [1.54, 1.807) is 0 Å². The number of hydrogen-bond donors (Lipinski definition) is 1. The van der Waals surface area contributed by atoms with Crippen molar-refractivity contribution < 1.29 is 14.6 Å². The maximum atomic E-state index is 10.6. The van der Waals surface area contributed by atoms with Crippen molar-refractivity contribution in [2.75, 3.05) is 26.2 Å². The first-order valence-corrected chi connectivity index (χ1v) is 6.81. The zero-order valence-corrected chi connectivity index (χ0v) is 10.4. The van der Waals surface area contributed by atoms with E-state index in [2.05, 4.69) is 4.90 Å². The fourth-order valence-electron chi connectivity index (χ4n) is 2.98. The summed E-state index contributed by atoms with van der Waals surface area (Å²) in [6.07, 6.45) is 7.20. The number of carbonyl (C=O) groups is 1. The normalized spacial score (nSPS) is 28.1. The first-order chi connectivity index (χ1) is 8.25. The molecule has 0 spiro atoms. The van der Waals surface area contributed by atoms with Gasteiger partial charge in [0.1, 0.15) is 0 Å². The van der Waals surface area contributed by atoms with Crippen LogP contribution in [0.1, 0.15) is 38.5 Å². The summed E-state index contributed by atoms with van der Waals surface area (Å²) in [5.41, 5.74) is 0. The Labute approximate surface area is 103 Å². The Morgan fingerprint density at radius 1 is 1.29 bits per heavy atom. The van der Waals surface area contributed by atoms with E-state index in [1.807, 2.05) is 0 Å². The Hall–Kier alpha value is -0.610. The highest BCUT2D eigenvalue weighted by molar-refractivity contribution is 5.66. The Morgan fingerprint density at radius 2 is 2.06 bits per heavy atom. The molecule has 4 heteroatoms. The molecule has 0 radical (unpaired) electrons. The molecule has 2 rings (SSSR count). The summed E-state index contributed by atoms with van der Waals surface area (Å²) in [6.45, 7) is 3.25. The molecule has 0 aromatic heterocycles. The summed E-state index contributed by atoms with van der Waals surface area (Å²) >= 11 is 0. The number of ether oxygens (including phenoxy) is 1. The lowest BCUT2D eigenvalue weighted by atomic mass is 9.84. The summed E-state index contributed by atoms with van der Waals surface area (Å²) in [7, 11) is 0. The molecule has 1 unspecified atom stereocenters. The van der Waals surface area contributed by atoms with Gasteiger partial charge in [0.2, 0.25) is 0 Å². The van der Waals surface area contributed by atoms with E-state index in [-0.39, 0.29) is 6.42 Å². The number of nitrogens with zero attached hydrogens (tertiary/aromatic N) is 1. The molecule has 1 aliphatic heterocycles. The summed E-state index contributed by atoms with van der Waals surface area (Å²) in [5, 5.41) is 8.70. The molecule has 1 heterocycles. The number of carboxylic acids is 1. The molecule has 0 aromatic carbocycles. The Morgan fingerprint density at radius 3 is 2.76 bits per heavy atom. The van der Waals surface area contributed by atoms with E-state index in [0.29, 0.717) is 18.6 Å². The van der Waals surface area contributed by atoms with Crippen molar-refractivity contribution in [1.29, 1.82) is 0 Å². The van der Waals surface area contributed by atoms with Gasteiger partial charge in [-0.3, -0.25) is 9.69 Å². The van der Waals surface area contributed by atoms with Crippen LogP contribution in [0.3, 0.4) is 0 Å².